The smallest absolute Gasteiger partial charge is 0.282 e. The summed E-state index contributed by atoms with van der Waals surface area (Å²) in [4.78, 5) is 28.7. The van der Waals surface area contributed by atoms with E-state index in [1.165, 1.54) is 10.5 Å². The Bertz CT molecular complexity index is 1270. The second-order valence-electron chi connectivity index (χ2n) is 9.29. The number of nitrogens with one attached hydrogen (secondary N) is 1. The molecular formula is C30H32N2O2. The minimum atomic E-state index is -0.333. The van der Waals surface area contributed by atoms with Gasteiger partial charge >= 0.3 is 0 Å². The number of unbranched alkanes of at least 4 members (excludes halogenated alkanes) is 1. The zero-order valence-corrected chi connectivity index (χ0v) is 20.7. The number of carbonyl (C=O) groups is 2. The summed E-state index contributed by atoms with van der Waals surface area (Å²) in [5.41, 5.74) is 8.37. The maximum atomic E-state index is 13.8. The van der Waals surface area contributed by atoms with Crippen molar-refractivity contribution in [1.82, 2.24) is 0 Å². The van der Waals surface area contributed by atoms with Crippen molar-refractivity contribution in [3.05, 3.63) is 99.7 Å². The molecule has 1 aliphatic rings. The molecule has 0 bridgehead atoms. The van der Waals surface area contributed by atoms with Crippen molar-refractivity contribution < 1.29 is 9.59 Å². The first kappa shape index (κ1) is 23.5. The molecule has 1 N–H and O–H groups in total. The lowest BCUT2D eigenvalue weighted by molar-refractivity contribution is -0.120. The molecule has 0 aliphatic carbocycles. The van der Waals surface area contributed by atoms with Crippen molar-refractivity contribution in [1.29, 1.82) is 0 Å². The number of amides is 2. The van der Waals surface area contributed by atoms with Crippen molar-refractivity contribution in [3.63, 3.8) is 0 Å². The average Bonchev–Trinajstić information content (AvgIpc) is 3.01. The predicted molar refractivity (Wildman–Crippen MR) is 140 cm³/mol. The van der Waals surface area contributed by atoms with Gasteiger partial charge in [0, 0.05) is 5.69 Å². The molecule has 4 nitrogen and oxygen atoms in total. The normalized spacial score (nSPS) is 13.7. The van der Waals surface area contributed by atoms with Crippen LogP contribution < -0.4 is 10.2 Å². The summed E-state index contributed by atoms with van der Waals surface area (Å²) in [6.45, 7) is 10.2. The number of anilines is 2. The zero-order valence-electron chi connectivity index (χ0n) is 20.7. The third-order valence-corrected chi connectivity index (χ3v) is 6.24. The van der Waals surface area contributed by atoms with E-state index in [2.05, 4.69) is 18.3 Å². The van der Waals surface area contributed by atoms with Gasteiger partial charge < -0.3 is 5.32 Å². The van der Waals surface area contributed by atoms with E-state index in [1.54, 1.807) is 0 Å². The van der Waals surface area contributed by atoms with Gasteiger partial charge in [0.15, 0.2) is 0 Å². The van der Waals surface area contributed by atoms with Gasteiger partial charge in [-0.3, -0.25) is 9.59 Å². The van der Waals surface area contributed by atoms with Crippen LogP contribution in [0.4, 0.5) is 11.4 Å². The summed E-state index contributed by atoms with van der Waals surface area (Å²) < 4.78 is 0. The molecule has 0 saturated carbocycles. The zero-order chi connectivity index (χ0) is 24.4. The van der Waals surface area contributed by atoms with E-state index < -0.39 is 0 Å². The Labute approximate surface area is 202 Å². The first-order valence-corrected chi connectivity index (χ1v) is 11.9. The van der Waals surface area contributed by atoms with E-state index in [1.807, 2.05) is 82.3 Å². The van der Waals surface area contributed by atoms with E-state index >= 15 is 0 Å². The van der Waals surface area contributed by atoms with Crippen molar-refractivity contribution in [2.45, 2.75) is 53.9 Å². The summed E-state index contributed by atoms with van der Waals surface area (Å²) in [6, 6.07) is 19.8. The summed E-state index contributed by atoms with van der Waals surface area (Å²) in [5.74, 6) is -0.634. The van der Waals surface area contributed by atoms with Crippen LogP contribution in [0, 0.1) is 27.7 Å². The molecule has 2 amide bonds. The Balaban J connectivity index is 1.78. The van der Waals surface area contributed by atoms with E-state index in [4.69, 9.17) is 0 Å². The van der Waals surface area contributed by atoms with Crippen LogP contribution in [0.5, 0.6) is 0 Å². The number of aryl methyl sites for hydroxylation is 5. The van der Waals surface area contributed by atoms with Gasteiger partial charge in [0.1, 0.15) is 5.70 Å². The van der Waals surface area contributed by atoms with Crippen molar-refractivity contribution in [3.8, 4) is 0 Å². The Morgan fingerprint density at radius 1 is 0.765 bits per heavy atom. The third-order valence-electron chi connectivity index (χ3n) is 6.24. The highest BCUT2D eigenvalue weighted by atomic mass is 16.2. The van der Waals surface area contributed by atoms with Crippen LogP contribution in [0.25, 0.3) is 5.57 Å². The molecule has 0 saturated heterocycles. The fourth-order valence-electron chi connectivity index (χ4n) is 4.61. The molecule has 0 unspecified atom stereocenters. The Morgan fingerprint density at radius 2 is 1.44 bits per heavy atom. The highest BCUT2D eigenvalue weighted by molar-refractivity contribution is 6.46. The minimum absolute atomic E-state index is 0.301. The molecule has 1 aliphatic heterocycles. The Hall–Kier alpha value is -3.66. The first-order chi connectivity index (χ1) is 16.3. The maximum Gasteiger partial charge on any atom is 0.282 e. The molecule has 3 aromatic carbocycles. The fraction of sp³-hybridized carbons (Fsp3) is 0.267. The lowest BCUT2D eigenvalue weighted by atomic mass is 9.97. The number of hydrogen-bond donors (Lipinski definition) is 1. The molecule has 0 fully saturated rings. The van der Waals surface area contributed by atoms with Gasteiger partial charge in [0.25, 0.3) is 11.8 Å². The number of imide groups is 1. The number of rotatable bonds is 7. The van der Waals surface area contributed by atoms with Gasteiger partial charge in [0.2, 0.25) is 0 Å². The van der Waals surface area contributed by atoms with Crippen molar-refractivity contribution in [2.75, 3.05) is 10.2 Å². The Morgan fingerprint density at radius 3 is 2.06 bits per heavy atom. The molecule has 34 heavy (non-hydrogen) atoms. The minimum Gasteiger partial charge on any atom is -0.350 e. The van der Waals surface area contributed by atoms with E-state index in [-0.39, 0.29) is 11.8 Å². The predicted octanol–water partition coefficient (Wildman–Crippen LogP) is 6.66. The van der Waals surface area contributed by atoms with E-state index in [0.717, 1.165) is 52.8 Å². The first-order valence-electron chi connectivity index (χ1n) is 11.9. The van der Waals surface area contributed by atoms with Crippen molar-refractivity contribution >= 4 is 28.8 Å². The number of nitrogens with zero attached hydrogens (tertiary/aromatic N) is 1. The molecule has 0 radical (unpaired) electrons. The summed E-state index contributed by atoms with van der Waals surface area (Å²) >= 11 is 0. The van der Waals surface area contributed by atoms with Crippen LogP contribution in [0.3, 0.4) is 0 Å². The lowest BCUT2D eigenvalue weighted by Gasteiger charge is -2.16. The second-order valence-corrected chi connectivity index (χ2v) is 9.29. The quantitative estimate of drug-likeness (QED) is 0.408. The van der Waals surface area contributed by atoms with E-state index in [0.29, 0.717) is 17.0 Å². The molecule has 0 spiro atoms. The van der Waals surface area contributed by atoms with Gasteiger partial charge in [-0.05, 0) is 92.6 Å². The highest BCUT2D eigenvalue weighted by Gasteiger charge is 2.40. The van der Waals surface area contributed by atoms with Gasteiger partial charge in [-0.15, -0.1) is 0 Å². The highest BCUT2D eigenvalue weighted by Crippen LogP contribution is 2.35. The largest absolute Gasteiger partial charge is 0.350 e. The van der Waals surface area contributed by atoms with E-state index in [9.17, 15) is 9.59 Å². The SMILES string of the molecule is CCCCc1ccc(N2C(=O)C(Nc3cc(C)cc(C)c3)=C(c3ccc(C)cc3C)C2=O)cc1. The van der Waals surface area contributed by atoms with Crippen LogP contribution in [0.15, 0.2) is 66.4 Å². The Kier molecular flexibility index (Phi) is 6.69. The van der Waals surface area contributed by atoms with Crippen molar-refractivity contribution in [2.24, 2.45) is 0 Å². The molecular weight excluding hydrogens is 420 g/mol. The molecule has 4 rings (SSSR count). The topological polar surface area (TPSA) is 49.4 Å². The third kappa shape index (κ3) is 4.67. The van der Waals surface area contributed by atoms with Crippen LogP contribution in [-0.2, 0) is 16.0 Å². The molecule has 3 aromatic rings. The fourth-order valence-corrected chi connectivity index (χ4v) is 4.61. The van der Waals surface area contributed by atoms with Crippen LogP contribution in [-0.4, -0.2) is 11.8 Å². The summed E-state index contributed by atoms with van der Waals surface area (Å²) in [5, 5.41) is 3.30. The number of benzene rings is 3. The molecule has 0 aromatic heterocycles. The van der Waals surface area contributed by atoms with Gasteiger partial charge in [-0.2, -0.15) is 0 Å². The molecule has 4 heteroatoms. The molecule has 1 heterocycles. The lowest BCUT2D eigenvalue weighted by Crippen LogP contribution is -2.32. The maximum absolute atomic E-state index is 13.8. The van der Waals surface area contributed by atoms with Gasteiger partial charge in [0.05, 0.1) is 11.3 Å². The number of hydrogen-bond acceptors (Lipinski definition) is 3. The summed E-state index contributed by atoms with van der Waals surface area (Å²) in [7, 11) is 0. The van der Waals surface area contributed by atoms with Gasteiger partial charge in [-0.25, -0.2) is 4.90 Å². The average molecular weight is 453 g/mol. The van der Waals surface area contributed by atoms with Crippen LogP contribution >= 0.6 is 0 Å². The second kappa shape index (κ2) is 9.68. The van der Waals surface area contributed by atoms with Gasteiger partial charge in [-0.1, -0.05) is 55.3 Å². The van der Waals surface area contributed by atoms with Crippen LogP contribution in [0.1, 0.15) is 53.1 Å². The monoisotopic (exact) mass is 452 g/mol. The number of carbonyl (C=O) groups excluding carboxylic acids is 2. The van der Waals surface area contributed by atoms with Crippen LogP contribution in [0.2, 0.25) is 0 Å². The molecule has 0 atom stereocenters. The molecule has 174 valence electrons. The standard InChI is InChI=1S/C30H32N2O2/c1-6-7-8-23-10-12-25(13-11-23)32-29(33)27(26-14-9-19(2)16-22(26)5)28(30(32)34)31-24-17-20(3)15-21(4)18-24/h9-18,31H,6-8H2,1-5H3. The summed E-state index contributed by atoms with van der Waals surface area (Å²) in [6.07, 6.45) is 3.23.